The Morgan fingerprint density at radius 3 is 2.23 bits per heavy atom. The molecule has 0 heterocycles. The second-order valence-corrected chi connectivity index (χ2v) is 4.26. The number of halogens is 1. The third kappa shape index (κ3) is 7.33. The van der Waals surface area contributed by atoms with E-state index in [1.165, 1.54) is 38.8 Å². The van der Waals surface area contributed by atoms with Crippen LogP contribution in [0, 0.1) is 0 Å². The predicted molar refractivity (Wildman–Crippen MR) is 61.6 cm³/mol. The quantitative estimate of drug-likeness (QED) is 0.433. The Morgan fingerprint density at radius 2 is 1.77 bits per heavy atom. The molecule has 0 aliphatic heterocycles. The summed E-state index contributed by atoms with van der Waals surface area (Å²) in [6.07, 6.45) is 4.99. The van der Waals surface area contributed by atoms with E-state index in [1.807, 2.05) is 0 Å². The molecule has 0 spiro atoms. The SMILES string of the molecule is CCCN(CCCCCCl)C(C)C. The van der Waals surface area contributed by atoms with Crippen molar-refractivity contribution in [1.82, 2.24) is 4.90 Å². The topological polar surface area (TPSA) is 3.24 Å². The van der Waals surface area contributed by atoms with E-state index in [4.69, 9.17) is 11.6 Å². The third-order valence-electron chi connectivity index (χ3n) is 2.32. The van der Waals surface area contributed by atoms with E-state index in [9.17, 15) is 0 Å². The molecule has 0 amide bonds. The molecule has 0 aliphatic carbocycles. The lowest BCUT2D eigenvalue weighted by Crippen LogP contribution is -2.32. The zero-order valence-corrected chi connectivity index (χ0v) is 10.1. The van der Waals surface area contributed by atoms with Crippen molar-refractivity contribution >= 4 is 11.6 Å². The van der Waals surface area contributed by atoms with E-state index in [-0.39, 0.29) is 0 Å². The van der Waals surface area contributed by atoms with Gasteiger partial charge in [-0.15, -0.1) is 11.6 Å². The zero-order chi connectivity index (χ0) is 10.1. The van der Waals surface area contributed by atoms with Gasteiger partial charge < -0.3 is 4.90 Å². The molecule has 0 rings (SSSR count). The van der Waals surface area contributed by atoms with Crippen LogP contribution in [0.25, 0.3) is 0 Å². The monoisotopic (exact) mass is 205 g/mol. The van der Waals surface area contributed by atoms with Crippen molar-refractivity contribution in [3.05, 3.63) is 0 Å². The van der Waals surface area contributed by atoms with Crippen molar-refractivity contribution in [2.45, 2.75) is 52.5 Å². The summed E-state index contributed by atoms with van der Waals surface area (Å²) >= 11 is 5.63. The van der Waals surface area contributed by atoms with Crippen LogP contribution in [0.5, 0.6) is 0 Å². The van der Waals surface area contributed by atoms with Crippen LogP contribution in [0.2, 0.25) is 0 Å². The molecule has 0 saturated carbocycles. The fourth-order valence-electron chi connectivity index (χ4n) is 1.50. The Bertz CT molecular complexity index is 104. The van der Waals surface area contributed by atoms with Gasteiger partial charge in [-0.3, -0.25) is 0 Å². The molecule has 0 radical (unpaired) electrons. The van der Waals surface area contributed by atoms with Crippen LogP contribution in [0.15, 0.2) is 0 Å². The van der Waals surface area contributed by atoms with Gasteiger partial charge in [0.15, 0.2) is 0 Å². The summed E-state index contributed by atoms with van der Waals surface area (Å²) in [4.78, 5) is 2.55. The summed E-state index contributed by atoms with van der Waals surface area (Å²) in [5.41, 5.74) is 0. The van der Waals surface area contributed by atoms with Crippen molar-refractivity contribution in [2.24, 2.45) is 0 Å². The molecule has 0 saturated heterocycles. The molecule has 0 aromatic carbocycles. The first-order valence-electron chi connectivity index (χ1n) is 5.52. The molecule has 0 aromatic rings. The minimum atomic E-state index is 0.691. The van der Waals surface area contributed by atoms with Gasteiger partial charge in [0, 0.05) is 11.9 Å². The van der Waals surface area contributed by atoms with Crippen molar-refractivity contribution in [3.63, 3.8) is 0 Å². The Hall–Kier alpha value is 0.250. The lowest BCUT2D eigenvalue weighted by molar-refractivity contribution is 0.217. The molecule has 0 aromatic heterocycles. The van der Waals surface area contributed by atoms with E-state index < -0.39 is 0 Å². The molecule has 0 atom stereocenters. The molecule has 0 bridgehead atoms. The largest absolute Gasteiger partial charge is 0.301 e. The minimum Gasteiger partial charge on any atom is -0.301 e. The smallest absolute Gasteiger partial charge is 0.0223 e. The maximum Gasteiger partial charge on any atom is 0.0223 e. The standard InChI is InChI=1S/C11H24ClN/c1-4-9-13(11(2)3)10-7-5-6-8-12/h11H,4-10H2,1-3H3. The summed E-state index contributed by atoms with van der Waals surface area (Å²) in [6.45, 7) is 9.27. The molecule has 0 unspecified atom stereocenters. The van der Waals surface area contributed by atoms with Crippen molar-refractivity contribution in [2.75, 3.05) is 19.0 Å². The summed E-state index contributed by atoms with van der Waals surface area (Å²) < 4.78 is 0. The highest BCUT2D eigenvalue weighted by Gasteiger charge is 2.06. The lowest BCUT2D eigenvalue weighted by Gasteiger charge is -2.25. The number of nitrogens with zero attached hydrogens (tertiary/aromatic N) is 1. The van der Waals surface area contributed by atoms with Gasteiger partial charge in [-0.1, -0.05) is 13.3 Å². The number of hydrogen-bond donors (Lipinski definition) is 0. The van der Waals surface area contributed by atoms with E-state index in [0.29, 0.717) is 6.04 Å². The molecular formula is C11H24ClN. The van der Waals surface area contributed by atoms with Crippen molar-refractivity contribution in [3.8, 4) is 0 Å². The fraction of sp³-hybridized carbons (Fsp3) is 1.00. The van der Waals surface area contributed by atoms with Gasteiger partial charge >= 0.3 is 0 Å². The highest BCUT2D eigenvalue weighted by atomic mass is 35.5. The van der Waals surface area contributed by atoms with Crippen LogP contribution < -0.4 is 0 Å². The van der Waals surface area contributed by atoms with Gasteiger partial charge in [0.2, 0.25) is 0 Å². The van der Waals surface area contributed by atoms with E-state index in [1.54, 1.807) is 0 Å². The molecule has 1 nitrogen and oxygen atoms in total. The molecule has 0 fully saturated rings. The molecule has 0 N–H and O–H groups in total. The number of unbranched alkanes of at least 4 members (excludes halogenated alkanes) is 2. The highest BCUT2D eigenvalue weighted by molar-refractivity contribution is 6.17. The number of alkyl halides is 1. The maximum absolute atomic E-state index is 5.63. The molecule has 2 heteroatoms. The van der Waals surface area contributed by atoms with E-state index in [0.717, 1.165) is 5.88 Å². The zero-order valence-electron chi connectivity index (χ0n) is 9.35. The second kappa shape index (κ2) is 8.83. The van der Waals surface area contributed by atoms with Gasteiger partial charge in [0.05, 0.1) is 0 Å². The third-order valence-corrected chi connectivity index (χ3v) is 2.59. The second-order valence-electron chi connectivity index (χ2n) is 3.88. The first-order valence-corrected chi connectivity index (χ1v) is 6.05. The summed E-state index contributed by atoms with van der Waals surface area (Å²) in [5.74, 6) is 0.815. The average Bonchev–Trinajstić information content (AvgIpc) is 2.10. The summed E-state index contributed by atoms with van der Waals surface area (Å²) in [5, 5.41) is 0. The molecule has 13 heavy (non-hydrogen) atoms. The molecule has 80 valence electrons. The van der Waals surface area contributed by atoms with Gasteiger partial charge in [0.25, 0.3) is 0 Å². The van der Waals surface area contributed by atoms with Gasteiger partial charge in [0.1, 0.15) is 0 Å². The minimum absolute atomic E-state index is 0.691. The van der Waals surface area contributed by atoms with Crippen LogP contribution >= 0.6 is 11.6 Å². The van der Waals surface area contributed by atoms with Gasteiger partial charge in [-0.2, -0.15) is 0 Å². The highest BCUT2D eigenvalue weighted by Crippen LogP contribution is 2.04. The van der Waals surface area contributed by atoms with Crippen LogP contribution in [0.3, 0.4) is 0 Å². The van der Waals surface area contributed by atoms with E-state index >= 15 is 0 Å². The van der Waals surface area contributed by atoms with Gasteiger partial charge in [-0.25, -0.2) is 0 Å². The fourth-order valence-corrected chi connectivity index (χ4v) is 1.69. The molecule has 0 aliphatic rings. The average molecular weight is 206 g/mol. The summed E-state index contributed by atoms with van der Waals surface area (Å²) in [6, 6.07) is 0.691. The van der Waals surface area contributed by atoms with Crippen LogP contribution in [-0.4, -0.2) is 29.9 Å². The van der Waals surface area contributed by atoms with Gasteiger partial charge in [-0.05, 0) is 46.2 Å². The Labute approximate surface area is 88.5 Å². The summed E-state index contributed by atoms with van der Waals surface area (Å²) in [7, 11) is 0. The number of hydrogen-bond acceptors (Lipinski definition) is 1. The maximum atomic E-state index is 5.63. The van der Waals surface area contributed by atoms with E-state index in [2.05, 4.69) is 25.7 Å². The van der Waals surface area contributed by atoms with Crippen LogP contribution in [-0.2, 0) is 0 Å². The van der Waals surface area contributed by atoms with Crippen molar-refractivity contribution in [1.29, 1.82) is 0 Å². The van der Waals surface area contributed by atoms with Crippen LogP contribution in [0.1, 0.15) is 46.5 Å². The first-order chi connectivity index (χ1) is 6.22. The number of rotatable bonds is 8. The Morgan fingerprint density at radius 1 is 1.08 bits per heavy atom. The lowest BCUT2D eigenvalue weighted by atomic mass is 10.2. The predicted octanol–water partition coefficient (Wildman–Crippen LogP) is 3.52. The van der Waals surface area contributed by atoms with Crippen LogP contribution in [0.4, 0.5) is 0 Å². The normalized spacial score (nSPS) is 11.5. The first kappa shape index (κ1) is 13.2. The Balaban J connectivity index is 3.45. The Kier molecular flexibility index (Phi) is 9.00. The van der Waals surface area contributed by atoms with Crippen molar-refractivity contribution < 1.29 is 0 Å². The molecular weight excluding hydrogens is 182 g/mol.